The van der Waals surface area contributed by atoms with Gasteiger partial charge in [0.05, 0.1) is 77.5 Å². The van der Waals surface area contributed by atoms with Crippen LogP contribution in [0.4, 0.5) is 0 Å². The van der Waals surface area contributed by atoms with Crippen LogP contribution in [0.5, 0.6) is 0 Å². The molecule has 198 valence electrons. The zero-order valence-corrected chi connectivity index (χ0v) is 21.6. The van der Waals surface area contributed by atoms with E-state index in [4.69, 9.17) is 18.9 Å². The van der Waals surface area contributed by atoms with Crippen molar-refractivity contribution in [3.8, 4) is 0 Å². The summed E-state index contributed by atoms with van der Waals surface area (Å²) in [4.78, 5) is 45.0. The summed E-state index contributed by atoms with van der Waals surface area (Å²) in [7, 11) is 3.03. The van der Waals surface area contributed by atoms with Crippen LogP contribution >= 0.6 is 23.5 Å². The molecule has 0 saturated carbocycles. The molecule has 0 bridgehead atoms. The van der Waals surface area contributed by atoms with Crippen LogP contribution in [0.3, 0.4) is 0 Å². The van der Waals surface area contributed by atoms with Crippen molar-refractivity contribution in [2.75, 3.05) is 103 Å². The Morgan fingerprint density at radius 1 is 0.529 bits per heavy atom. The second-order valence-corrected chi connectivity index (χ2v) is 8.66. The van der Waals surface area contributed by atoms with E-state index >= 15 is 0 Å². The summed E-state index contributed by atoms with van der Waals surface area (Å²) in [6.45, 7) is 3.80. The van der Waals surface area contributed by atoms with Gasteiger partial charge in [-0.05, 0) is 0 Å². The molecular weight excluding hydrogens is 488 g/mol. The Bertz CT molecular complexity index is 525. The number of rotatable bonds is 23. The van der Waals surface area contributed by atoms with Crippen molar-refractivity contribution in [1.82, 2.24) is 21.3 Å². The number of ether oxygens (including phenoxy) is 4. The fourth-order valence-electron chi connectivity index (χ4n) is 1.96. The first-order chi connectivity index (χ1) is 16.5. The Morgan fingerprint density at radius 3 is 1.18 bits per heavy atom. The van der Waals surface area contributed by atoms with E-state index in [1.807, 2.05) is 0 Å². The van der Waals surface area contributed by atoms with Crippen LogP contribution in [-0.2, 0) is 38.1 Å². The molecule has 0 fully saturated rings. The maximum absolute atomic E-state index is 11.5. The third kappa shape index (κ3) is 23.6. The summed E-state index contributed by atoms with van der Waals surface area (Å²) in [5.74, 6) is 1.11. The van der Waals surface area contributed by atoms with Crippen LogP contribution in [0, 0.1) is 0 Å². The van der Waals surface area contributed by atoms with Gasteiger partial charge < -0.3 is 40.2 Å². The third-order valence-corrected chi connectivity index (χ3v) is 5.62. The normalized spacial score (nSPS) is 10.5. The highest BCUT2D eigenvalue weighted by molar-refractivity contribution is 8.00. The number of thioether (sulfide) groups is 2. The molecule has 0 aliphatic carbocycles. The summed E-state index contributed by atoms with van der Waals surface area (Å²) in [5.41, 5.74) is 0. The van der Waals surface area contributed by atoms with E-state index in [-0.39, 0.29) is 48.2 Å². The molecule has 34 heavy (non-hydrogen) atoms. The van der Waals surface area contributed by atoms with E-state index in [2.05, 4.69) is 21.3 Å². The molecule has 0 aromatic rings. The fraction of sp³-hybridized carbons (Fsp3) is 0.800. The second-order valence-electron chi connectivity index (χ2n) is 6.45. The first-order valence-corrected chi connectivity index (χ1v) is 13.2. The molecule has 0 radical (unpaired) electrons. The van der Waals surface area contributed by atoms with Crippen molar-refractivity contribution in [2.24, 2.45) is 0 Å². The van der Waals surface area contributed by atoms with Crippen LogP contribution in [0.25, 0.3) is 0 Å². The highest BCUT2D eigenvalue weighted by Gasteiger charge is 2.05. The van der Waals surface area contributed by atoms with E-state index in [9.17, 15) is 19.2 Å². The van der Waals surface area contributed by atoms with Crippen LogP contribution in [0.1, 0.15) is 0 Å². The molecule has 0 aliphatic rings. The SMILES string of the molecule is CNC(=O)CNC(=O)CSCCOCCOCCOCCOCCSCC(=O)NCC(=O)NC. The van der Waals surface area contributed by atoms with E-state index in [1.165, 1.54) is 37.6 Å². The molecule has 0 atom stereocenters. The highest BCUT2D eigenvalue weighted by Crippen LogP contribution is 1.99. The van der Waals surface area contributed by atoms with Gasteiger partial charge in [-0.15, -0.1) is 23.5 Å². The molecule has 14 heteroatoms. The van der Waals surface area contributed by atoms with Gasteiger partial charge in [0.25, 0.3) is 0 Å². The lowest BCUT2D eigenvalue weighted by Crippen LogP contribution is -2.36. The topological polar surface area (TPSA) is 153 Å². The van der Waals surface area contributed by atoms with Crippen LogP contribution in [-0.4, -0.2) is 127 Å². The Hall–Kier alpha value is -1.58. The lowest BCUT2D eigenvalue weighted by atomic mass is 10.5. The predicted octanol–water partition coefficient (Wildman–Crippen LogP) is -1.76. The van der Waals surface area contributed by atoms with Crippen LogP contribution in [0.15, 0.2) is 0 Å². The lowest BCUT2D eigenvalue weighted by Gasteiger charge is -2.08. The molecular formula is C20H38N4O8S2. The van der Waals surface area contributed by atoms with Crippen molar-refractivity contribution in [2.45, 2.75) is 0 Å². The fourth-order valence-corrected chi connectivity index (χ4v) is 3.30. The molecule has 4 amide bonds. The summed E-state index contributed by atoms with van der Waals surface area (Å²) < 4.78 is 21.6. The van der Waals surface area contributed by atoms with Crippen molar-refractivity contribution < 1.29 is 38.1 Å². The largest absolute Gasteiger partial charge is 0.378 e. The Labute approximate surface area is 209 Å². The summed E-state index contributed by atoms with van der Waals surface area (Å²) >= 11 is 2.87. The van der Waals surface area contributed by atoms with Crippen LogP contribution in [0.2, 0.25) is 0 Å². The van der Waals surface area contributed by atoms with Crippen molar-refractivity contribution in [3.05, 3.63) is 0 Å². The van der Waals surface area contributed by atoms with Gasteiger partial charge >= 0.3 is 0 Å². The molecule has 4 N–H and O–H groups in total. The minimum atomic E-state index is -0.230. The van der Waals surface area contributed by atoms with Gasteiger partial charge in [-0.1, -0.05) is 0 Å². The standard InChI is InChI=1S/C20H38N4O8S2/c1-21-17(25)13-23-19(27)15-33-11-9-31-7-5-29-3-4-30-6-8-32-10-12-34-16-20(28)24-14-18(26)22-2/h3-16H2,1-2H3,(H,21,25)(H,22,26)(H,23,27)(H,24,28). The Morgan fingerprint density at radius 2 is 0.853 bits per heavy atom. The quantitative estimate of drug-likeness (QED) is 0.113. The number of nitrogens with one attached hydrogen (secondary N) is 4. The highest BCUT2D eigenvalue weighted by atomic mass is 32.2. The van der Waals surface area contributed by atoms with Gasteiger partial charge in [-0.3, -0.25) is 19.2 Å². The van der Waals surface area contributed by atoms with Gasteiger partial charge in [0, 0.05) is 25.6 Å². The number of carbonyl (C=O) groups is 4. The van der Waals surface area contributed by atoms with Gasteiger partial charge in [0.1, 0.15) is 0 Å². The zero-order chi connectivity index (χ0) is 25.3. The van der Waals surface area contributed by atoms with Crippen molar-refractivity contribution >= 4 is 47.2 Å². The third-order valence-electron chi connectivity index (χ3n) is 3.78. The predicted molar refractivity (Wildman–Crippen MR) is 132 cm³/mol. The van der Waals surface area contributed by atoms with Gasteiger partial charge in [0.15, 0.2) is 0 Å². The van der Waals surface area contributed by atoms with Gasteiger partial charge in [-0.2, -0.15) is 0 Å². The number of carbonyl (C=O) groups excluding carboxylic acids is 4. The molecule has 0 aliphatic heterocycles. The minimum absolute atomic E-state index is 0.00968. The molecule has 0 rings (SSSR count). The average molecular weight is 527 g/mol. The molecule has 0 aromatic heterocycles. The average Bonchev–Trinajstić information content (AvgIpc) is 2.84. The smallest absolute Gasteiger partial charge is 0.239 e. The lowest BCUT2D eigenvalue weighted by molar-refractivity contribution is -0.124. The Kier molecular flexibility index (Phi) is 23.4. The van der Waals surface area contributed by atoms with E-state index in [0.717, 1.165) is 0 Å². The molecule has 0 saturated heterocycles. The number of hydrogen-bond acceptors (Lipinski definition) is 10. The first-order valence-electron chi connectivity index (χ1n) is 10.9. The summed E-state index contributed by atoms with van der Waals surface area (Å²) in [5, 5.41) is 9.91. The second kappa shape index (κ2) is 24.5. The number of amides is 4. The number of hydrogen-bond donors (Lipinski definition) is 4. The van der Waals surface area contributed by atoms with E-state index < -0.39 is 0 Å². The molecule has 12 nitrogen and oxygen atoms in total. The molecule has 0 aromatic carbocycles. The van der Waals surface area contributed by atoms with E-state index in [1.54, 1.807) is 0 Å². The first kappa shape index (κ1) is 32.4. The zero-order valence-electron chi connectivity index (χ0n) is 20.0. The summed E-state index contributed by atoms with van der Waals surface area (Å²) in [6, 6.07) is 0. The molecule has 0 heterocycles. The number of likely N-dealkylation sites (N-methyl/N-ethyl adjacent to an activating group) is 2. The maximum Gasteiger partial charge on any atom is 0.239 e. The molecule has 0 spiro atoms. The van der Waals surface area contributed by atoms with Crippen molar-refractivity contribution in [1.29, 1.82) is 0 Å². The van der Waals surface area contributed by atoms with E-state index in [0.29, 0.717) is 64.4 Å². The minimum Gasteiger partial charge on any atom is -0.378 e. The monoisotopic (exact) mass is 526 g/mol. The molecule has 0 unspecified atom stereocenters. The summed E-state index contributed by atoms with van der Waals surface area (Å²) in [6.07, 6.45) is 0. The van der Waals surface area contributed by atoms with Gasteiger partial charge in [-0.25, -0.2) is 0 Å². The van der Waals surface area contributed by atoms with Crippen molar-refractivity contribution in [3.63, 3.8) is 0 Å². The maximum atomic E-state index is 11.5. The van der Waals surface area contributed by atoms with Crippen LogP contribution < -0.4 is 21.3 Å². The van der Waals surface area contributed by atoms with Gasteiger partial charge in [0.2, 0.25) is 23.6 Å². The Balaban J connectivity index is 3.21.